The van der Waals surface area contributed by atoms with Crippen LogP contribution >= 0.6 is 0 Å². The minimum absolute atomic E-state index is 0.0767. The summed E-state index contributed by atoms with van der Waals surface area (Å²) in [6.45, 7) is 3.23. The van der Waals surface area contributed by atoms with Gasteiger partial charge in [-0.1, -0.05) is 0 Å². The number of benzene rings is 1. The van der Waals surface area contributed by atoms with Gasteiger partial charge in [-0.2, -0.15) is 0 Å². The van der Waals surface area contributed by atoms with Gasteiger partial charge in [0.25, 0.3) is 5.56 Å². The second-order valence-electron chi connectivity index (χ2n) is 6.98. The number of nitrogens with zero attached hydrogens (tertiary/aromatic N) is 2. The average molecular weight is 460 g/mol. The van der Waals surface area contributed by atoms with Gasteiger partial charge in [0.1, 0.15) is 11.5 Å². The number of pyridine rings is 2. The molecule has 8 nitrogen and oxygen atoms in total. The minimum atomic E-state index is -3.60. The third kappa shape index (κ3) is 4.06. The summed E-state index contributed by atoms with van der Waals surface area (Å²) in [6, 6.07) is 5.95. The molecule has 0 fully saturated rings. The monoisotopic (exact) mass is 460 g/mol. The first kappa shape index (κ1) is 21.5. The Kier molecular flexibility index (Phi) is 5.43. The van der Waals surface area contributed by atoms with E-state index in [1.807, 2.05) is 0 Å². The van der Waals surface area contributed by atoms with Crippen LogP contribution in [0.1, 0.15) is 12.5 Å². The summed E-state index contributed by atoms with van der Waals surface area (Å²) in [6.07, 6.45) is 4.35. The third-order valence-electron chi connectivity index (χ3n) is 4.76. The quantitative estimate of drug-likeness (QED) is 0.455. The summed E-state index contributed by atoms with van der Waals surface area (Å²) in [7, 11) is -3.60. The van der Waals surface area contributed by atoms with Crippen molar-refractivity contribution in [1.82, 2.24) is 14.5 Å². The van der Waals surface area contributed by atoms with Crippen molar-refractivity contribution in [2.45, 2.75) is 13.8 Å². The fourth-order valence-corrected chi connectivity index (χ4v) is 3.85. The molecule has 0 unspecified atom stereocenters. The molecular formula is C21H18F2N4O4S. The van der Waals surface area contributed by atoms with Crippen molar-refractivity contribution in [2.75, 3.05) is 10.5 Å². The Morgan fingerprint density at radius 1 is 1.22 bits per heavy atom. The Hall–Kier alpha value is -3.73. The fourth-order valence-electron chi connectivity index (χ4n) is 3.24. The second-order valence-corrected chi connectivity index (χ2v) is 8.99. The van der Waals surface area contributed by atoms with Gasteiger partial charge in [-0.25, -0.2) is 22.2 Å². The molecule has 32 heavy (non-hydrogen) atoms. The van der Waals surface area contributed by atoms with Crippen molar-refractivity contribution < 1.29 is 21.9 Å². The summed E-state index contributed by atoms with van der Waals surface area (Å²) < 4.78 is 61.1. The number of H-pyrrole nitrogens is 1. The lowest BCUT2D eigenvalue weighted by molar-refractivity contribution is 0.422. The van der Waals surface area contributed by atoms with Crippen molar-refractivity contribution in [3.05, 3.63) is 76.5 Å². The molecular weight excluding hydrogens is 442 g/mol. The van der Waals surface area contributed by atoms with E-state index in [4.69, 9.17) is 4.74 Å². The van der Waals surface area contributed by atoms with Crippen LogP contribution in [0.2, 0.25) is 0 Å². The molecule has 0 spiro atoms. The van der Waals surface area contributed by atoms with E-state index in [0.29, 0.717) is 22.5 Å². The first-order valence-corrected chi connectivity index (χ1v) is 11.2. The topological polar surface area (TPSA) is 106 Å². The Balaban J connectivity index is 1.91. The zero-order valence-corrected chi connectivity index (χ0v) is 17.8. The van der Waals surface area contributed by atoms with E-state index in [-0.39, 0.29) is 34.3 Å². The lowest BCUT2D eigenvalue weighted by atomic mass is 10.2. The van der Waals surface area contributed by atoms with E-state index >= 15 is 0 Å². The largest absolute Gasteiger partial charge is 0.434 e. The van der Waals surface area contributed by atoms with Gasteiger partial charge in [0, 0.05) is 18.5 Å². The van der Waals surface area contributed by atoms with E-state index < -0.39 is 21.7 Å². The number of aryl methyl sites for hydroxylation is 1. The molecule has 0 aliphatic heterocycles. The van der Waals surface area contributed by atoms with E-state index in [1.165, 1.54) is 25.4 Å². The molecule has 4 rings (SSSR count). The number of aromatic nitrogens is 3. The molecule has 0 aliphatic rings. The number of sulfonamides is 1. The number of nitrogens with one attached hydrogen (secondary N) is 2. The molecule has 0 atom stereocenters. The van der Waals surface area contributed by atoms with Gasteiger partial charge >= 0.3 is 0 Å². The number of anilines is 1. The number of hydrogen-bond donors (Lipinski definition) is 2. The smallest absolute Gasteiger partial charge is 0.257 e. The van der Waals surface area contributed by atoms with Crippen molar-refractivity contribution >= 4 is 26.6 Å². The standard InChI is InChI=1S/C21H18F2N4O4S/c1-3-32(29,30)26-14-9-17(27-11-12(2)19-16(27)6-7-24-20(19)28)21(25-10-14)31-18-5-4-13(22)8-15(18)23/h4-11,26H,3H2,1-2H3,(H,24,28). The van der Waals surface area contributed by atoms with Gasteiger partial charge in [0.2, 0.25) is 15.9 Å². The summed E-state index contributed by atoms with van der Waals surface area (Å²) >= 11 is 0. The fraction of sp³-hybridized carbons (Fsp3) is 0.143. The molecule has 0 saturated heterocycles. The van der Waals surface area contributed by atoms with Crippen LogP contribution in [0.15, 0.2) is 53.7 Å². The highest BCUT2D eigenvalue weighted by molar-refractivity contribution is 7.92. The first-order chi connectivity index (χ1) is 15.2. The van der Waals surface area contributed by atoms with Crippen LogP contribution < -0.4 is 15.0 Å². The van der Waals surface area contributed by atoms with Gasteiger partial charge in [0.15, 0.2) is 11.6 Å². The number of hydrogen-bond acceptors (Lipinski definition) is 5. The maximum atomic E-state index is 14.2. The molecule has 3 heterocycles. The number of aromatic amines is 1. The first-order valence-electron chi connectivity index (χ1n) is 9.51. The summed E-state index contributed by atoms with van der Waals surface area (Å²) in [5.41, 5.74) is 1.25. The van der Waals surface area contributed by atoms with Crippen LogP contribution in [-0.2, 0) is 10.0 Å². The Labute approximate surface area is 181 Å². The normalized spacial score (nSPS) is 11.6. The van der Waals surface area contributed by atoms with Gasteiger partial charge < -0.3 is 14.3 Å². The van der Waals surface area contributed by atoms with Crippen LogP contribution in [0, 0.1) is 18.6 Å². The molecule has 166 valence electrons. The van der Waals surface area contributed by atoms with Crippen molar-refractivity contribution in [3.63, 3.8) is 0 Å². The van der Waals surface area contributed by atoms with Crippen LogP contribution in [0.4, 0.5) is 14.5 Å². The predicted molar refractivity (Wildman–Crippen MR) is 116 cm³/mol. The van der Waals surface area contributed by atoms with Gasteiger partial charge in [-0.3, -0.25) is 9.52 Å². The number of rotatable bonds is 6. The van der Waals surface area contributed by atoms with Gasteiger partial charge in [-0.05, 0) is 43.7 Å². The van der Waals surface area contributed by atoms with Crippen LogP contribution in [0.3, 0.4) is 0 Å². The predicted octanol–water partition coefficient (Wildman–Crippen LogP) is 3.85. The second kappa shape index (κ2) is 8.08. The van der Waals surface area contributed by atoms with Crippen molar-refractivity contribution in [3.8, 4) is 17.3 Å². The molecule has 3 aromatic heterocycles. The highest BCUT2D eigenvalue weighted by Crippen LogP contribution is 2.33. The van der Waals surface area contributed by atoms with Crippen LogP contribution in [0.5, 0.6) is 11.6 Å². The Morgan fingerprint density at radius 2 is 2.00 bits per heavy atom. The van der Waals surface area contributed by atoms with Crippen LogP contribution in [0.25, 0.3) is 16.6 Å². The zero-order valence-electron chi connectivity index (χ0n) is 17.0. The Morgan fingerprint density at radius 3 is 2.72 bits per heavy atom. The van der Waals surface area contributed by atoms with Crippen molar-refractivity contribution in [2.24, 2.45) is 0 Å². The molecule has 4 aromatic rings. The molecule has 0 amide bonds. The number of halogens is 2. The molecule has 0 saturated carbocycles. The molecule has 1 aromatic carbocycles. The maximum Gasteiger partial charge on any atom is 0.257 e. The SMILES string of the molecule is CCS(=O)(=O)Nc1cnc(Oc2ccc(F)cc2F)c(-n2cc(C)c3c(=O)[nH]ccc32)c1. The van der Waals surface area contributed by atoms with Crippen LogP contribution in [-0.4, -0.2) is 28.7 Å². The van der Waals surface area contributed by atoms with Gasteiger partial charge in [0.05, 0.1) is 28.5 Å². The summed E-state index contributed by atoms with van der Waals surface area (Å²) in [4.78, 5) is 19.1. The van der Waals surface area contributed by atoms with E-state index in [0.717, 1.165) is 12.1 Å². The van der Waals surface area contributed by atoms with E-state index in [1.54, 1.807) is 23.8 Å². The molecule has 0 aliphatic carbocycles. The van der Waals surface area contributed by atoms with E-state index in [2.05, 4.69) is 14.7 Å². The highest BCUT2D eigenvalue weighted by Gasteiger charge is 2.18. The third-order valence-corrected chi connectivity index (χ3v) is 6.07. The number of ether oxygens (including phenoxy) is 1. The molecule has 0 bridgehead atoms. The number of fused-ring (bicyclic) bond motifs is 1. The van der Waals surface area contributed by atoms with Crippen molar-refractivity contribution in [1.29, 1.82) is 0 Å². The average Bonchev–Trinajstić information content (AvgIpc) is 3.08. The highest BCUT2D eigenvalue weighted by atomic mass is 32.2. The maximum absolute atomic E-state index is 14.2. The van der Waals surface area contributed by atoms with Gasteiger partial charge in [-0.15, -0.1) is 0 Å². The lowest BCUT2D eigenvalue weighted by Crippen LogP contribution is -2.15. The lowest BCUT2D eigenvalue weighted by Gasteiger charge is -2.15. The molecule has 0 radical (unpaired) electrons. The molecule has 2 N–H and O–H groups in total. The Bertz CT molecular complexity index is 1500. The minimum Gasteiger partial charge on any atom is -0.434 e. The summed E-state index contributed by atoms with van der Waals surface area (Å²) in [5.74, 6) is -2.19. The zero-order chi connectivity index (χ0) is 23.0. The summed E-state index contributed by atoms with van der Waals surface area (Å²) in [5, 5.41) is 0.422. The molecule has 11 heteroatoms. The van der Waals surface area contributed by atoms with E-state index in [9.17, 15) is 22.0 Å².